The zero-order valence-electron chi connectivity index (χ0n) is 15.0. The number of nitrogens with one attached hydrogen (secondary N) is 2. The Morgan fingerprint density at radius 3 is 2.54 bits per heavy atom. The Hall–Kier alpha value is -4.01. The number of nitrogens with zero attached hydrogens (tertiary/aromatic N) is 3. The van der Waals surface area contributed by atoms with Crippen molar-refractivity contribution in [3.63, 3.8) is 0 Å². The largest absolute Gasteiger partial charge is 0.359 e. The molecule has 3 aromatic rings. The van der Waals surface area contributed by atoms with Crippen LogP contribution in [0.3, 0.4) is 0 Å². The van der Waals surface area contributed by atoms with Gasteiger partial charge >= 0.3 is 0 Å². The van der Waals surface area contributed by atoms with Gasteiger partial charge < -0.3 is 15.2 Å². The molecule has 28 heavy (non-hydrogen) atoms. The molecule has 0 spiro atoms. The Morgan fingerprint density at radius 1 is 1.18 bits per heavy atom. The zero-order chi connectivity index (χ0) is 20.1. The summed E-state index contributed by atoms with van der Waals surface area (Å²) in [5.74, 6) is -0.582. The first-order valence-electron chi connectivity index (χ1n) is 8.35. The summed E-state index contributed by atoms with van der Waals surface area (Å²) in [7, 11) is 1.56. The molecule has 1 aromatic heterocycles. The molecule has 0 aliphatic carbocycles. The molecule has 1 heterocycles. The van der Waals surface area contributed by atoms with Crippen LogP contribution in [0.1, 0.15) is 15.9 Å². The van der Waals surface area contributed by atoms with Crippen LogP contribution in [0.5, 0.6) is 0 Å². The number of nitro benzene ring substituents is 1. The van der Waals surface area contributed by atoms with E-state index in [-0.39, 0.29) is 23.6 Å². The van der Waals surface area contributed by atoms with Crippen molar-refractivity contribution in [2.75, 3.05) is 12.4 Å². The van der Waals surface area contributed by atoms with E-state index in [9.17, 15) is 19.7 Å². The molecule has 0 bridgehead atoms. The lowest BCUT2D eigenvalue weighted by Gasteiger charge is -2.08. The highest BCUT2D eigenvalue weighted by Gasteiger charge is 2.19. The molecule has 0 saturated heterocycles. The number of carbonyl (C=O) groups excluding carboxylic acids is 2. The summed E-state index contributed by atoms with van der Waals surface area (Å²) in [6, 6.07) is 11.0. The molecular formula is C19H17N5O4. The minimum Gasteiger partial charge on any atom is -0.359 e. The van der Waals surface area contributed by atoms with Gasteiger partial charge in [0, 0.05) is 36.8 Å². The predicted octanol–water partition coefficient (Wildman–Crippen LogP) is 2.32. The van der Waals surface area contributed by atoms with Crippen molar-refractivity contribution in [3.05, 3.63) is 82.4 Å². The highest BCUT2D eigenvalue weighted by atomic mass is 16.6. The number of imidazole rings is 1. The summed E-state index contributed by atoms with van der Waals surface area (Å²) < 4.78 is 1.50. The van der Waals surface area contributed by atoms with Crippen molar-refractivity contribution in [1.82, 2.24) is 14.9 Å². The molecule has 2 aromatic carbocycles. The van der Waals surface area contributed by atoms with E-state index >= 15 is 0 Å². The average molecular weight is 379 g/mol. The number of rotatable bonds is 6. The Kier molecular flexibility index (Phi) is 5.45. The van der Waals surface area contributed by atoms with Gasteiger partial charge in [-0.1, -0.05) is 12.1 Å². The van der Waals surface area contributed by atoms with Crippen molar-refractivity contribution < 1.29 is 14.5 Å². The quantitative estimate of drug-likeness (QED) is 0.503. The van der Waals surface area contributed by atoms with Gasteiger partial charge in [-0.05, 0) is 29.8 Å². The first kappa shape index (κ1) is 18.8. The third kappa shape index (κ3) is 4.21. The lowest BCUT2D eigenvalue weighted by atomic mass is 10.1. The van der Waals surface area contributed by atoms with Crippen LogP contribution in [0.4, 0.5) is 11.4 Å². The number of amides is 2. The molecule has 0 unspecified atom stereocenters. The van der Waals surface area contributed by atoms with Crippen LogP contribution in [-0.2, 0) is 11.2 Å². The molecule has 142 valence electrons. The third-order valence-corrected chi connectivity index (χ3v) is 4.07. The molecule has 3 rings (SSSR count). The molecule has 0 aliphatic rings. The maximum atomic E-state index is 12.5. The number of likely N-dealkylation sites (N-methyl/N-ethyl adjacent to an activating group) is 1. The summed E-state index contributed by atoms with van der Waals surface area (Å²) >= 11 is 0. The summed E-state index contributed by atoms with van der Waals surface area (Å²) in [6.45, 7) is 0. The van der Waals surface area contributed by atoms with Gasteiger partial charge in [0.2, 0.25) is 5.91 Å². The van der Waals surface area contributed by atoms with E-state index in [1.54, 1.807) is 37.5 Å². The maximum Gasteiger partial charge on any atom is 0.294 e. The first-order chi connectivity index (χ1) is 13.5. The number of benzene rings is 2. The predicted molar refractivity (Wildman–Crippen MR) is 102 cm³/mol. The Labute approximate surface area is 160 Å². The van der Waals surface area contributed by atoms with E-state index in [1.165, 1.54) is 35.3 Å². The van der Waals surface area contributed by atoms with Gasteiger partial charge in [0.1, 0.15) is 5.69 Å². The summed E-state index contributed by atoms with van der Waals surface area (Å²) in [5.41, 5.74) is 1.60. The first-order valence-corrected chi connectivity index (χ1v) is 8.35. The second-order valence-corrected chi connectivity index (χ2v) is 5.93. The SMILES string of the molecule is CNC(=O)Cc1ccc(NC(=O)c2ccc(-n3ccnc3)c([N+](=O)[O-])c2)cc1. The van der Waals surface area contributed by atoms with E-state index in [4.69, 9.17) is 0 Å². The van der Waals surface area contributed by atoms with E-state index in [0.29, 0.717) is 11.4 Å². The second-order valence-electron chi connectivity index (χ2n) is 5.93. The van der Waals surface area contributed by atoms with Crippen LogP contribution in [0, 0.1) is 10.1 Å². The number of anilines is 1. The maximum absolute atomic E-state index is 12.5. The molecule has 0 atom stereocenters. The van der Waals surface area contributed by atoms with Crippen molar-refractivity contribution in [3.8, 4) is 5.69 Å². The fraction of sp³-hybridized carbons (Fsp3) is 0.105. The molecule has 0 saturated carbocycles. The van der Waals surface area contributed by atoms with Crippen molar-refractivity contribution in [2.45, 2.75) is 6.42 Å². The van der Waals surface area contributed by atoms with Gasteiger partial charge in [-0.25, -0.2) is 4.98 Å². The molecular weight excluding hydrogens is 362 g/mol. The van der Waals surface area contributed by atoms with Crippen LogP contribution < -0.4 is 10.6 Å². The number of carbonyl (C=O) groups is 2. The fourth-order valence-corrected chi connectivity index (χ4v) is 2.61. The molecule has 2 N–H and O–H groups in total. The molecule has 0 aliphatic heterocycles. The zero-order valence-corrected chi connectivity index (χ0v) is 15.0. The highest BCUT2D eigenvalue weighted by Crippen LogP contribution is 2.24. The topological polar surface area (TPSA) is 119 Å². The Morgan fingerprint density at radius 2 is 1.93 bits per heavy atom. The van der Waals surface area contributed by atoms with E-state index in [2.05, 4.69) is 15.6 Å². The minimum absolute atomic E-state index is 0.109. The van der Waals surface area contributed by atoms with E-state index in [1.807, 2.05) is 0 Å². The molecule has 9 nitrogen and oxygen atoms in total. The average Bonchev–Trinajstić information content (AvgIpc) is 3.23. The van der Waals surface area contributed by atoms with Crippen LogP contribution in [-0.4, -0.2) is 33.3 Å². The van der Waals surface area contributed by atoms with Crippen molar-refractivity contribution >= 4 is 23.2 Å². The summed E-state index contributed by atoms with van der Waals surface area (Å²) in [5, 5.41) is 16.6. The van der Waals surface area contributed by atoms with Gasteiger partial charge in [-0.3, -0.25) is 19.7 Å². The van der Waals surface area contributed by atoms with E-state index < -0.39 is 10.8 Å². The monoisotopic (exact) mass is 379 g/mol. The standard InChI is InChI=1S/C19H17N5O4/c1-20-18(25)10-13-2-5-15(6-3-13)22-19(26)14-4-7-16(17(11-14)24(27)28)23-9-8-21-12-23/h2-9,11-12H,10H2,1H3,(H,20,25)(H,22,26). The van der Waals surface area contributed by atoms with Gasteiger partial charge in [-0.15, -0.1) is 0 Å². The fourth-order valence-electron chi connectivity index (χ4n) is 2.61. The summed E-state index contributed by atoms with van der Waals surface area (Å²) in [4.78, 5) is 38.6. The van der Waals surface area contributed by atoms with Crippen LogP contribution in [0.25, 0.3) is 5.69 Å². The number of hydrogen-bond donors (Lipinski definition) is 2. The Balaban J connectivity index is 1.78. The van der Waals surface area contributed by atoms with Gasteiger partial charge in [0.05, 0.1) is 17.7 Å². The normalized spacial score (nSPS) is 10.3. The Bertz CT molecular complexity index is 1010. The minimum atomic E-state index is -0.542. The number of aromatic nitrogens is 2. The molecule has 0 fully saturated rings. The molecule has 2 amide bonds. The van der Waals surface area contributed by atoms with E-state index in [0.717, 1.165) is 5.56 Å². The van der Waals surface area contributed by atoms with Crippen molar-refractivity contribution in [1.29, 1.82) is 0 Å². The third-order valence-electron chi connectivity index (χ3n) is 4.07. The van der Waals surface area contributed by atoms with Gasteiger partial charge in [0.15, 0.2) is 0 Å². The summed E-state index contributed by atoms with van der Waals surface area (Å²) in [6.07, 6.45) is 4.79. The van der Waals surface area contributed by atoms with Crippen LogP contribution in [0.2, 0.25) is 0 Å². The highest BCUT2D eigenvalue weighted by molar-refractivity contribution is 6.05. The molecule has 0 radical (unpaired) electrons. The van der Waals surface area contributed by atoms with Crippen LogP contribution in [0.15, 0.2) is 61.2 Å². The number of nitro groups is 1. The van der Waals surface area contributed by atoms with Gasteiger partial charge in [-0.2, -0.15) is 0 Å². The van der Waals surface area contributed by atoms with Crippen LogP contribution >= 0.6 is 0 Å². The van der Waals surface area contributed by atoms with Crippen molar-refractivity contribution in [2.24, 2.45) is 0 Å². The lowest BCUT2D eigenvalue weighted by Crippen LogP contribution is -2.19. The molecule has 9 heteroatoms. The second kappa shape index (κ2) is 8.12. The number of hydrogen-bond acceptors (Lipinski definition) is 5. The lowest BCUT2D eigenvalue weighted by molar-refractivity contribution is -0.384. The smallest absolute Gasteiger partial charge is 0.294 e. The van der Waals surface area contributed by atoms with Gasteiger partial charge in [0.25, 0.3) is 11.6 Å².